The summed E-state index contributed by atoms with van der Waals surface area (Å²) in [5, 5.41) is 1.88. The average molecular weight is 469 g/mol. The first-order chi connectivity index (χ1) is 16.0. The van der Waals surface area contributed by atoms with Crippen molar-refractivity contribution in [2.75, 3.05) is 60.0 Å². The summed E-state index contributed by atoms with van der Waals surface area (Å²) in [5.74, 6) is 1.09. The van der Waals surface area contributed by atoms with Crippen molar-refractivity contribution < 1.29 is 9.53 Å². The summed E-state index contributed by atoms with van der Waals surface area (Å²) >= 11 is 6.15. The maximum atomic E-state index is 11.9. The molecular weight excluding hydrogens is 436 g/mol. The Morgan fingerprint density at radius 3 is 2.55 bits per heavy atom. The number of ether oxygens (including phenoxy) is 1. The van der Waals surface area contributed by atoms with Gasteiger partial charge in [-0.1, -0.05) is 17.7 Å². The van der Waals surface area contributed by atoms with E-state index in [2.05, 4.69) is 44.8 Å². The van der Waals surface area contributed by atoms with Gasteiger partial charge in [-0.15, -0.1) is 0 Å². The van der Waals surface area contributed by atoms with E-state index in [0.29, 0.717) is 6.54 Å². The van der Waals surface area contributed by atoms with Crippen LogP contribution in [0.2, 0.25) is 5.02 Å². The summed E-state index contributed by atoms with van der Waals surface area (Å²) in [6, 6.07) is 16.2. The third kappa shape index (κ3) is 6.28. The van der Waals surface area contributed by atoms with Gasteiger partial charge in [-0.3, -0.25) is 9.69 Å². The van der Waals surface area contributed by atoms with Crippen LogP contribution in [0.3, 0.4) is 0 Å². The molecule has 6 nitrogen and oxygen atoms in total. The van der Waals surface area contributed by atoms with E-state index < -0.39 is 0 Å². The second-order valence-corrected chi connectivity index (χ2v) is 9.28. The van der Waals surface area contributed by atoms with E-state index in [9.17, 15) is 4.79 Å². The second kappa shape index (κ2) is 11.1. The zero-order chi connectivity index (χ0) is 23.2. The first-order valence-corrected chi connectivity index (χ1v) is 12.0. The lowest BCUT2D eigenvalue weighted by molar-refractivity contribution is -0.130. The van der Waals surface area contributed by atoms with Crippen LogP contribution in [0.5, 0.6) is 5.75 Å². The van der Waals surface area contributed by atoms with Crippen molar-refractivity contribution in [2.24, 2.45) is 0 Å². The topological polar surface area (TPSA) is 41.0 Å². The van der Waals surface area contributed by atoms with Gasteiger partial charge in [-0.25, -0.2) is 0 Å². The molecule has 33 heavy (non-hydrogen) atoms. The molecule has 0 aliphatic carbocycles. The number of fused-ring (bicyclic) bond motifs is 1. The minimum Gasteiger partial charge on any atom is -0.494 e. The minimum atomic E-state index is 0.180. The van der Waals surface area contributed by atoms with Gasteiger partial charge in [0.15, 0.2) is 0 Å². The van der Waals surface area contributed by atoms with Crippen molar-refractivity contribution in [3.63, 3.8) is 0 Å². The first kappa shape index (κ1) is 23.6. The fourth-order valence-electron chi connectivity index (χ4n) is 4.19. The van der Waals surface area contributed by atoms with E-state index >= 15 is 0 Å². The molecular formula is C26H33ClN4O2. The smallest absolute Gasteiger partial charge is 0.236 e. The molecule has 0 spiro atoms. The van der Waals surface area contributed by atoms with E-state index in [1.807, 2.05) is 38.4 Å². The lowest BCUT2D eigenvalue weighted by Crippen LogP contribution is -2.49. The van der Waals surface area contributed by atoms with E-state index in [1.165, 1.54) is 0 Å². The van der Waals surface area contributed by atoms with Gasteiger partial charge in [0.25, 0.3) is 0 Å². The Hall–Kier alpha value is -2.54. The van der Waals surface area contributed by atoms with Crippen LogP contribution in [0.4, 0.5) is 0 Å². The van der Waals surface area contributed by atoms with Crippen LogP contribution < -0.4 is 4.74 Å². The normalized spacial score (nSPS) is 15.1. The molecule has 0 atom stereocenters. The third-order valence-corrected chi connectivity index (χ3v) is 6.44. The van der Waals surface area contributed by atoms with Crippen LogP contribution in [-0.2, 0) is 4.79 Å². The number of rotatable bonds is 9. The van der Waals surface area contributed by atoms with E-state index in [4.69, 9.17) is 16.3 Å². The van der Waals surface area contributed by atoms with Crippen molar-refractivity contribution in [3.05, 3.63) is 59.8 Å². The minimum absolute atomic E-state index is 0.180. The summed E-state index contributed by atoms with van der Waals surface area (Å²) in [6.45, 7) is 6.32. The van der Waals surface area contributed by atoms with Gasteiger partial charge in [-0.05, 0) is 61.9 Å². The SMILES string of the molecule is CN(C)C(=O)CN1CCN(CCCCOc2ccc3c(ccn3-c3cccc(Cl)c3)c2)CC1. The second-order valence-electron chi connectivity index (χ2n) is 8.85. The highest BCUT2D eigenvalue weighted by Gasteiger charge is 2.19. The molecule has 1 fully saturated rings. The number of nitrogens with zero attached hydrogens (tertiary/aromatic N) is 4. The molecule has 0 radical (unpaired) electrons. The fourth-order valence-corrected chi connectivity index (χ4v) is 4.38. The third-order valence-electron chi connectivity index (χ3n) is 6.21. The van der Waals surface area contributed by atoms with Gasteiger partial charge in [0, 0.05) is 62.6 Å². The fraction of sp³-hybridized carbons (Fsp3) is 0.423. The molecule has 3 aromatic rings. The Morgan fingerprint density at radius 2 is 1.79 bits per heavy atom. The monoisotopic (exact) mass is 468 g/mol. The molecule has 0 saturated carbocycles. The average Bonchev–Trinajstić information content (AvgIpc) is 3.23. The summed E-state index contributed by atoms with van der Waals surface area (Å²) in [4.78, 5) is 18.3. The molecule has 0 bridgehead atoms. The first-order valence-electron chi connectivity index (χ1n) is 11.6. The molecule has 2 aromatic carbocycles. The number of halogens is 1. The summed E-state index contributed by atoms with van der Waals surface area (Å²) in [5.41, 5.74) is 2.19. The Kier molecular flexibility index (Phi) is 7.91. The van der Waals surface area contributed by atoms with E-state index in [0.717, 1.165) is 79.5 Å². The van der Waals surface area contributed by atoms with E-state index in [1.54, 1.807) is 4.90 Å². The highest BCUT2D eigenvalue weighted by atomic mass is 35.5. The molecule has 4 rings (SSSR count). The number of amides is 1. The molecule has 1 amide bonds. The number of benzene rings is 2. The predicted molar refractivity (Wildman–Crippen MR) is 135 cm³/mol. The van der Waals surface area contributed by atoms with Crippen LogP contribution in [-0.4, -0.2) is 85.1 Å². The van der Waals surface area contributed by atoms with Crippen LogP contribution in [0.15, 0.2) is 54.7 Å². The van der Waals surface area contributed by atoms with Gasteiger partial charge in [0.1, 0.15) is 5.75 Å². The Labute approximate surface area is 201 Å². The molecule has 1 aliphatic rings. The Bertz CT molecular complexity index is 1070. The highest BCUT2D eigenvalue weighted by molar-refractivity contribution is 6.30. The predicted octanol–water partition coefficient (Wildman–Crippen LogP) is 4.15. The van der Waals surface area contributed by atoms with Gasteiger partial charge in [0.2, 0.25) is 5.91 Å². The van der Waals surface area contributed by atoms with Crippen molar-refractivity contribution in [1.82, 2.24) is 19.3 Å². The van der Waals surface area contributed by atoms with Crippen LogP contribution in [0.1, 0.15) is 12.8 Å². The molecule has 1 saturated heterocycles. The highest BCUT2D eigenvalue weighted by Crippen LogP contribution is 2.26. The van der Waals surface area contributed by atoms with Crippen LogP contribution in [0, 0.1) is 0 Å². The molecule has 1 aromatic heterocycles. The van der Waals surface area contributed by atoms with Crippen LogP contribution >= 0.6 is 11.6 Å². The standard InChI is InChI=1S/C26H33ClN4O2/c1-28(2)26(32)20-30-15-13-29(14-16-30)11-3-4-17-33-24-8-9-25-21(18-24)10-12-31(25)23-7-5-6-22(27)19-23/h5-10,12,18-19H,3-4,11,13-17,20H2,1-2H3. The number of hydrogen-bond acceptors (Lipinski definition) is 4. The van der Waals surface area contributed by atoms with Gasteiger partial charge in [-0.2, -0.15) is 0 Å². The van der Waals surface area contributed by atoms with E-state index in [-0.39, 0.29) is 5.91 Å². The lowest BCUT2D eigenvalue weighted by atomic mass is 10.2. The van der Waals surface area contributed by atoms with Gasteiger partial charge < -0.3 is 19.1 Å². The Balaban J connectivity index is 1.18. The maximum Gasteiger partial charge on any atom is 0.236 e. The van der Waals surface area contributed by atoms with Crippen molar-refractivity contribution >= 4 is 28.4 Å². The van der Waals surface area contributed by atoms with Gasteiger partial charge >= 0.3 is 0 Å². The molecule has 176 valence electrons. The number of likely N-dealkylation sites (N-methyl/N-ethyl adjacent to an activating group) is 1. The van der Waals surface area contributed by atoms with Gasteiger partial charge in [0.05, 0.1) is 18.7 Å². The Morgan fingerprint density at radius 1 is 1.00 bits per heavy atom. The maximum absolute atomic E-state index is 11.9. The quantitative estimate of drug-likeness (QED) is 0.442. The number of carbonyl (C=O) groups excluding carboxylic acids is 1. The molecule has 1 aliphatic heterocycles. The van der Waals surface area contributed by atoms with Crippen LogP contribution in [0.25, 0.3) is 16.6 Å². The summed E-state index contributed by atoms with van der Waals surface area (Å²) < 4.78 is 8.16. The van der Waals surface area contributed by atoms with Crippen molar-refractivity contribution in [3.8, 4) is 11.4 Å². The summed E-state index contributed by atoms with van der Waals surface area (Å²) in [6.07, 6.45) is 4.21. The summed E-state index contributed by atoms with van der Waals surface area (Å²) in [7, 11) is 3.63. The zero-order valence-electron chi connectivity index (χ0n) is 19.5. The molecule has 0 unspecified atom stereocenters. The van der Waals surface area contributed by atoms with Crippen molar-refractivity contribution in [1.29, 1.82) is 0 Å². The lowest BCUT2D eigenvalue weighted by Gasteiger charge is -2.34. The number of hydrogen-bond donors (Lipinski definition) is 0. The number of unbranched alkanes of at least 4 members (excludes halogenated alkanes) is 1. The zero-order valence-corrected chi connectivity index (χ0v) is 20.3. The molecule has 2 heterocycles. The number of aromatic nitrogens is 1. The number of carbonyl (C=O) groups is 1. The molecule has 0 N–H and O–H groups in total. The molecule has 7 heteroatoms. The van der Waals surface area contributed by atoms with Crippen molar-refractivity contribution in [2.45, 2.75) is 12.8 Å². The number of piperazine rings is 1. The largest absolute Gasteiger partial charge is 0.494 e.